The van der Waals surface area contributed by atoms with Gasteiger partial charge in [0, 0.05) is 15.8 Å². The second kappa shape index (κ2) is 7.49. The highest BCUT2D eigenvalue weighted by molar-refractivity contribution is 9.10. The van der Waals surface area contributed by atoms with Gasteiger partial charge in [-0.2, -0.15) is 0 Å². The molecule has 0 spiro atoms. The van der Waals surface area contributed by atoms with Crippen molar-refractivity contribution in [3.8, 4) is 10.4 Å². The van der Waals surface area contributed by atoms with E-state index in [1.165, 1.54) is 17.8 Å². The first-order chi connectivity index (χ1) is 11.6. The molecule has 24 heavy (non-hydrogen) atoms. The third kappa shape index (κ3) is 3.70. The van der Waals surface area contributed by atoms with Crippen molar-refractivity contribution >= 4 is 44.8 Å². The van der Waals surface area contributed by atoms with Crippen LogP contribution < -0.4 is 5.32 Å². The predicted octanol–water partition coefficient (Wildman–Crippen LogP) is 5.39. The lowest BCUT2D eigenvalue weighted by atomic mass is 9.88. The normalized spacial score (nSPS) is 15.2. The Hall–Kier alpha value is -1.66. The van der Waals surface area contributed by atoms with Crippen molar-refractivity contribution in [3.63, 3.8) is 0 Å². The molecule has 3 rings (SSSR count). The number of carboxylic acids is 1. The predicted molar refractivity (Wildman–Crippen MR) is 99.6 cm³/mol. The Morgan fingerprint density at radius 1 is 1.12 bits per heavy atom. The molecular formula is C18H18BrNO3S. The fourth-order valence-electron chi connectivity index (χ4n) is 3.08. The third-order valence-corrected chi connectivity index (χ3v) is 5.90. The van der Waals surface area contributed by atoms with Crippen LogP contribution in [0.5, 0.6) is 0 Å². The van der Waals surface area contributed by atoms with E-state index in [2.05, 4.69) is 21.2 Å². The molecule has 126 valence electrons. The van der Waals surface area contributed by atoms with Gasteiger partial charge in [0.2, 0.25) is 5.91 Å². The maximum Gasteiger partial charge on any atom is 0.339 e. The van der Waals surface area contributed by atoms with Crippen LogP contribution in [0.2, 0.25) is 0 Å². The fourth-order valence-corrected chi connectivity index (χ4v) is 4.34. The van der Waals surface area contributed by atoms with Crippen molar-refractivity contribution in [2.45, 2.75) is 32.1 Å². The molecule has 1 saturated carbocycles. The zero-order valence-corrected chi connectivity index (χ0v) is 15.5. The van der Waals surface area contributed by atoms with Gasteiger partial charge in [-0.25, -0.2) is 4.79 Å². The average molecular weight is 408 g/mol. The Balaban J connectivity index is 1.87. The molecule has 0 atom stereocenters. The molecule has 0 bridgehead atoms. The monoisotopic (exact) mass is 407 g/mol. The van der Waals surface area contributed by atoms with Crippen LogP contribution in [0.3, 0.4) is 0 Å². The Labute approximate surface area is 153 Å². The van der Waals surface area contributed by atoms with Gasteiger partial charge >= 0.3 is 5.97 Å². The van der Waals surface area contributed by atoms with E-state index in [1.54, 1.807) is 5.38 Å². The Bertz CT molecular complexity index is 748. The van der Waals surface area contributed by atoms with Crippen molar-refractivity contribution < 1.29 is 14.7 Å². The third-order valence-electron chi connectivity index (χ3n) is 4.35. The van der Waals surface area contributed by atoms with Gasteiger partial charge in [-0.05, 0) is 30.5 Å². The average Bonchev–Trinajstić information content (AvgIpc) is 3.00. The van der Waals surface area contributed by atoms with Gasteiger partial charge in [-0.1, -0.05) is 47.3 Å². The van der Waals surface area contributed by atoms with Crippen LogP contribution in [0.25, 0.3) is 10.4 Å². The number of carbonyl (C=O) groups excluding carboxylic acids is 1. The minimum Gasteiger partial charge on any atom is -0.478 e. The Kier molecular flexibility index (Phi) is 5.36. The molecule has 1 heterocycles. The number of amides is 1. The minimum atomic E-state index is -1.02. The second-order valence-electron chi connectivity index (χ2n) is 5.99. The van der Waals surface area contributed by atoms with Crippen LogP contribution in [0, 0.1) is 5.92 Å². The van der Waals surface area contributed by atoms with Crippen molar-refractivity contribution in [1.82, 2.24) is 0 Å². The molecule has 0 radical (unpaired) electrons. The van der Waals surface area contributed by atoms with E-state index in [9.17, 15) is 14.7 Å². The first kappa shape index (κ1) is 17.2. The van der Waals surface area contributed by atoms with Crippen LogP contribution >= 0.6 is 27.3 Å². The van der Waals surface area contributed by atoms with Crippen LogP contribution in [0.1, 0.15) is 42.5 Å². The van der Waals surface area contributed by atoms with E-state index in [0.29, 0.717) is 10.6 Å². The molecule has 1 aromatic heterocycles. The highest BCUT2D eigenvalue weighted by Gasteiger charge is 2.25. The number of carboxylic acid groups (broad SMARTS) is 1. The summed E-state index contributed by atoms with van der Waals surface area (Å²) in [7, 11) is 0. The molecule has 0 unspecified atom stereocenters. The summed E-state index contributed by atoms with van der Waals surface area (Å²) >= 11 is 4.72. The number of aromatic carboxylic acids is 1. The lowest BCUT2D eigenvalue weighted by molar-refractivity contribution is -0.120. The Morgan fingerprint density at radius 3 is 2.42 bits per heavy atom. The lowest BCUT2D eigenvalue weighted by Crippen LogP contribution is -2.25. The molecule has 0 aliphatic heterocycles. The van der Waals surface area contributed by atoms with Crippen LogP contribution in [0.4, 0.5) is 5.69 Å². The topological polar surface area (TPSA) is 66.4 Å². The van der Waals surface area contributed by atoms with Gasteiger partial charge in [0.25, 0.3) is 0 Å². The Morgan fingerprint density at radius 2 is 1.79 bits per heavy atom. The number of nitrogens with one attached hydrogen (secondary N) is 1. The molecule has 1 aliphatic carbocycles. The molecule has 1 aromatic carbocycles. The van der Waals surface area contributed by atoms with E-state index in [0.717, 1.165) is 35.7 Å². The summed E-state index contributed by atoms with van der Waals surface area (Å²) in [5, 5.41) is 14.2. The number of hydrogen-bond acceptors (Lipinski definition) is 3. The summed E-state index contributed by atoms with van der Waals surface area (Å²) in [6, 6.07) is 7.49. The first-order valence-corrected chi connectivity index (χ1v) is 9.65. The molecule has 1 amide bonds. The molecule has 0 saturated heterocycles. The summed E-state index contributed by atoms with van der Waals surface area (Å²) in [5.74, 6) is -1.08. The lowest BCUT2D eigenvalue weighted by Gasteiger charge is -2.20. The summed E-state index contributed by atoms with van der Waals surface area (Å²) in [5.41, 5.74) is 1.41. The zero-order valence-electron chi connectivity index (χ0n) is 13.0. The molecule has 1 fully saturated rings. The van der Waals surface area contributed by atoms with Gasteiger partial charge in [-0.15, -0.1) is 11.3 Å². The SMILES string of the molecule is O=C(O)c1c(NC(=O)C2CCCCC2)csc1-c1ccc(Br)cc1. The number of anilines is 1. The number of halogens is 1. The highest BCUT2D eigenvalue weighted by Crippen LogP contribution is 2.37. The summed E-state index contributed by atoms with van der Waals surface area (Å²) in [6.45, 7) is 0. The number of thiophene rings is 1. The molecule has 4 nitrogen and oxygen atoms in total. The maximum atomic E-state index is 12.4. The van der Waals surface area contributed by atoms with E-state index in [-0.39, 0.29) is 17.4 Å². The van der Waals surface area contributed by atoms with Crippen LogP contribution in [-0.4, -0.2) is 17.0 Å². The van der Waals surface area contributed by atoms with E-state index in [4.69, 9.17) is 0 Å². The van der Waals surface area contributed by atoms with Gasteiger partial charge in [0.15, 0.2) is 0 Å². The van der Waals surface area contributed by atoms with Gasteiger partial charge in [0.1, 0.15) is 5.56 Å². The minimum absolute atomic E-state index is 0.00331. The molecule has 2 aromatic rings. The first-order valence-electron chi connectivity index (χ1n) is 7.98. The summed E-state index contributed by atoms with van der Waals surface area (Å²) in [4.78, 5) is 24.8. The van der Waals surface area contributed by atoms with Crippen molar-refractivity contribution in [1.29, 1.82) is 0 Å². The van der Waals surface area contributed by atoms with Gasteiger partial charge < -0.3 is 10.4 Å². The number of benzene rings is 1. The van der Waals surface area contributed by atoms with Crippen molar-refractivity contribution in [2.24, 2.45) is 5.92 Å². The summed E-state index contributed by atoms with van der Waals surface area (Å²) in [6.07, 6.45) is 5.08. The molecule has 1 aliphatic rings. The molecular weight excluding hydrogens is 390 g/mol. The number of carbonyl (C=O) groups is 2. The standard InChI is InChI=1S/C18H18BrNO3S/c19-13-8-6-11(7-9-13)16-15(18(22)23)14(10-24-16)20-17(21)12-4-2-1-3-5-12/h6-10,12H,1-5H2,(H,20,21)(H,22,23). The fraction of sp³-hybridized carbons (Fsp3) is 0.333. The van der Waals surface area contributed by atoms with Crippen molar-refractivity contribution in [2.75, 3.05) is 5.32 Å². The quantitative estimate of drug-likeness (QED) is 0.713. The van der Waals surface area contributed by atoms with Crippen LogP contribution in [-0.2, 0) is 4.79 Å². The van der Waals surface area contributed by atoms with E-state index < -0.39 is 5.97 Å². The summed E-state index contributed by atoms with van der Waals surface area (Å²) < 4.78 is 0.936. The maximum absolute atomic E-state index is 12.4. The molecule has 2 N–H and O–H groups in total. The van der Waals surface area contributed by atoms with Crippen LogP contribution in [0.15, 0.2) is 34.1 Å². The van der Waals surface area contributed by atoms with E-state index >= 15 is 0 Å². The second-order valence-corrected chi connectivity index (χ2v) is 7.79. The van der Waals surface area contributed by atoms with Gasteiger partial charge in [-0.3, -0.25) is 4.79 Å². The van der Waals surface area contributed by atoms with Crippen molar-refractivity contribution in [3.05, 3.63) is 39.7 Å². The molecule has 6 heteroatoms. The number of hydrogen-bond donors (Lipinski definition) is 2. The zero-order chi connectivity index (χ0) is 17.1. The smallest absolute Gasteiger partial charge is 0.339 e. The van der Waals surface area contributed by atoms with E-state index in [1.807, 2.05) is 24.3 Å². The highest BCUT2D eigenvalue weighted by atomic mass is 79.9. The van der Waals surface area contributed by atoms with Gasteiger partial charge in [0.05, 0.1) is 10.6 Å². The largest absolute Gasteiger partial charge is 0.478 e. The number of rotatable bonds is 4.